The van der Waals surface area contributed by atoms with Crippen LogP contribution < -0.4 is 10.1 Å². The summed E-state index contributed by atoms with van der Waals surface area (Å²) in [7, 11) is 1.58. The molecular formula is C20H23NO5. The van der Waals surface area contributed by atoms with E-state index in [0.717, 1.165) is 5.56 Å². The van der Waals surface area contributed by atoms with Crippen LogP contribution in [0.4, 0.5) is 0 Å². The van der Waals surface area contributed by atoms with Crippen LogP contribution in [0.5, 0.6) is 5.75 Å². The van der Waals surface area contributed by atoms with Crippen molar-refractivity contribution in [3.8, 4) is 5.75 Å². The fourth-order valence-electron chi connectivity index (χ4n) is 2.57. The van der Waals surface area contributed by atoms with Gasteiger partial charge in [-0.05, 0) is 38.1 Å². The Morgan fingerprint density at radius 2 is 1.77 bits per heavy atom. The van der Waals surface area contributed by atoms with Crippen LogP contribution in [-0.2, 0) is 4.74 Å². The molecule has 0 saturated heterocycles. The summed E-state index contributed by atoms with van der Waals surface area (Å²) in [4.78, 5) is 23.5. The van der Waals surface area contributed by atoms with Crippen LogP contribution in [0.15, 0.2) is 48.5 Å². The minimum Gasteiger partial charge on any atom is -0.496 e. The van der Waals surface area contributed by atoms with Crippen molar-refractivity contribution in [2.75, 3.05) is 13.7 Å². The minimum absolute atomic E-state index is 0.0443. The Bertz CT molecular complexity index is 772. The van der Waals surface area contributed by atoms with Gasteiger partial charge in [-0.3, -0.25) is 4.79 Å². The van der Waals surface area contributed by atoms with E-state index in [9.17, 15) is 9.59 Å². The van der Waals surface area contributed by atoms with Gasteiger partial charge in [0.1, 0.15) is 11.9 Å². The van der Waals surface area contributed by atoms with Crippen molar-refractivity contribution in [2.24, 2.45) is 0 Å². The summed E-state index contributed by atoms with van der Waals surface area (Å²) in [5.41, 5.74) is 1.19. The molecule has 0 aliphatic rings. The zero-order valence-electron chi connectivity index (χ0n) is 15.1. The molecule has 138 valence electrons. The Labute approximate surface area is 152 Å². The van der Waals surface area contributed by atoms with E-state index in [1.807, 2.05) is 38.1 Å². The van der Waals surface area contributed by atoms with E-state index in [0.29, 0.717) is 5.75 Å². The number of nitrogens with one attached hydrogen (secondary N) is 1. The number of methoxy groups -OCH3 is 1. The lowest BCUT2D eigenvalue weighted by Crippen LogP contribution is -2.30. The minimum atomic E-state index is -1.07. The van der Waals surface area contributed by atoms with E-state index in [4.69, 9.17) is 14.6 Å². The summed E-state index contributed by atoms with van der Waals surface area (Å²) in [5, 5.41) is 11.9. The van der Waals surface area contributed by atoms with Crippen LogP contribution in [0.25, 0.3) is 0 Å². The SMILES string of the molecule is COc1ccccc1C(CNC(=O)c1cccc(C(=O)O)c1)OC(C)C. The molecule has 0 aliphatic carbocycles. The lowest BCUT2D eigenvalue weighted by molar-refractivity contribution is 0.00611. The third-order valence-corrected chi connectivity index (χ3v) is 3.74. The molecule has 2 N–H and O–H groups in total. The fourth-order valence-corrected chi connectivity index (χ4v) is 2.57. The first-order chi connectivity index (χ1) is 12.4. The van der Waals surface area contributed by atoms with E-state index < -0.39 is 12.1 Å². The van der Waals surface area contributed by atoms with Gasteiger partial charge in [0.05, 0.1) is 18.8 Å². The van der Waals surface area contributed by atoms with Gasteiger partial charge in [-0.15, -0.1) is 0 Å². The summed E-state index contributed by atoms with van der Waals surface area (Å²) >= 11 is 0. The normalized spacial score (nSPS) is 11.8. The van der Waals surface area contributed by atoms with Gasteiger partial charge >= 0.3 is 5.97 Å². The molecule has 0 radical (unpaired) electrons. The molecule has 0 saturated carbocycles. The number of rotatable bonds is 8. The van der Waals surface area contributed by atoms with Crippen molar-refractivity contribution in [3.63, 3.8) is 0 Å². The molecule has 2 aromatic carbocycles. The van der Waals surface area contributed by atoms with Gasteiger partial charge in [0.2, 0.25) is 0 Å². The summed E-state index contributed by atoms with van der Waals surface area (Å²) in [6, 6.07) is 13.4. The Morgan fingerprint density at radius 1 is 1.08 bits per heavy atom. The maximum Gasteiger partial charge on any atom is 0.335 e. The molecule has 0 aromatic heterocycles. The summed E-state index contributed by atoms with van der Waals surface area (Å²) in [6.07, 6.45) is -0.435. The Kier molecular flexibility index (Phi) is 6.74. The summed E-state index contributed by atoms with van der Waals surface area (Å²) < 4.78 is 11.3. The number of carbonyl (C=O) groups is 2. The Morgan fingerprint density at radius 3 is 2.42 bits per heavy atom. The number of benzene rings is 2. The first-order valence-electron chi connectivity index (χ1n) is 8.32. The van der Waals surface area contributed by atoms with Gasteiger partial charge in [0.25, 0.3) is 5.91 Å². The summed E-state index contributed by atoms with van der Waals surface area (Å²) in [6.45, 7) is 4.07. The molecular weight excluding hydrogens is 334 g/mol. The van der Waals surface area contributed by atoms with Crippen LogP contribution >= 0.6 is 0 Å². The molecule has 0 bridgehead atoms. The molecule has 0 heterocycles. The Hall–Kier alpha value is -2.86. The molecule has 1 atom stereocenters. The van der Waals surface area contributed by atoms with Gasteiger partial charge in [0.15, 0.2) is 0 Å². The molecule has 6 nitrogen and oxygen atoms in total. The van der Waals surface area contributed by atoms with Crippen LogP contribution in [-0.4, -0.2) is 36.7 Å². The van der Waals surface area contributed by atoms with E-state index in [-0.39, 0.29) is 29.7 Å². The quantitative estimate of drug-likeness (QED) is 0.757. The fraction of sp³-hybridized carbons (Fsp3) is 0.300. The average molecular weight is 357 g/mol. The molecule has 0 aliphatic heterocycles. The van der Waals surface area contributed by atoms with Gasteiger partial charge in [-0.1, -0.05) is 24.3 Å². The number of carbonyl (C=O) groups excluding carboxylic acids is 1. The van der Waals surface area contributed by atoms with Crippen LogP contribution in [0.3, 0.4) is 0 Å². The van der Waals surface area contributed by atoms with Gasteiger partial charge in [-0.2, -0.15) is 0 Å². The second-order valence-electron chi connectivity index (χ2n) is 6.01. The third kappa shape index (κ3) is 5.07. The van der Waals surface area contributed by atoms with E-state index in [1.165, 1.54) is 12.1 Å². The molecule has 2 rings (SSSR count). The van der Waals surface area contributed by atoms with Crippen molar-refractivity contribution >= 4 is 11.9 Å². The third-order valence-electron chi connectivity index (χ3n) is 3.74. The topological polar surface area (TPSA) is 84.9 Å². The second-order valence-corrected chi connectivity index (χ2v) is 6.01. The van der Waals surface area contributed by atoms with E-state index in [1.54, 1.807) is 19.2 Å². The van der Waals surface area contributed by atoms with Gasteiger partial charge < -0.3 is 19.9 Å². The van der Waals surface area contributed by atoms with Crippen LogP contribution in [0, 0.1) is 0 Å². The largest absolute Gasteiger partial charge is 0.496 e. The van der Waals surface area contributed by atoms with Crippen molar-refractivity contribution in [3.05, 3.63) is 65.2 Å². The van der Waals surface area contributed by atoms with Crippen LogP contribution in [0.2, 0.25) is 0 Å². The lowest BCUT2D eigenvalue weighted by atomic mass is 10.1. The highest BCUT2D eigenvalue weighted by Crippen LogP contribution is 2.28. The van der Waals surface area contributed by atoms with Crippen molar-refractivity contribution in [1.82, 2.24) is 5.32 Å². The van der Waals surface area contributed by atoms with E-state index in [2.05, 4.69) is 5.32 Å². The predicted octanol–water partition coefficient (Wildman–Crippen LogP) is 3.29. The number of hydrogen-bond donors (Lipinski definition) is 2. The van der Waals surface area contributed by atoms with Crippen molar-refractivity contribution < 1.29 is 24.2 Å². The summed E-state index contributed by atoms with van der Waals surface area (Å²) in [5.74, 6) is -0.754. The number of amides is 1. The highest BCUT2D eigenvalue weighted by molar-refractivity contribution is 5.97. The first kappa shape index (κ1) is 19.5. The smallest absolute Gasteiger partial charge is 0.335 e. The molecule has 26 heavy (non-hydrogen) atoms. The van der Waals surface area contributed by atoms with Gasteiger partial charge in [-0.25, -0.2) is 4.79 Å². The molecule has 0 fully saturated rings. The standard InChI is InChI=1S/C20H23NO5/c1-13(2)26-18(16-9-4-5-10-17(16)25-3)12-21-19(22)14-7-6-8-15(11-14)20(23)24/h4-11,13,18H,12H2,1-3H3,(H,21,22)(H,23,24). The zero-order chi connectivity index (χ0) is 19.1. The average Bonchev–Trinajstić information content (AvgIpc) is 2.64. The van der Waals surface area contributed by atoms with Crippen molar-refractivity contribution in [1.29, 1.82) is 0 Å². The van der Waals surface area contributed by atoms with Crippen LogP contribution in [0.1, 0.15) is 46.2 Å². The number of aromatic carboxylic acids is 1. The highest BCUT2D eigenvalue weighted by atomic mass is 16.5. The molecule has 2 aromatic rings. The van der Waals surface area contributed by atoms with Crippen molar-refractivity contribution in [2.45, 2.75) is 26.1 Å². The number of ether oxygens (including phenoxy) is 2. The van der Waals surface area contributed by atoms with E-state index >= 15 is 0 Å². The lowest BCUT2D eigenvalue weighted by Gasteiger charge is -2.23. The maximum absolute atomic E-state index is 12.4. The first-order valence-corrected chi connectivity index (χ1v) is 8.32. The zero-order valence-corrected chi connectivity index (χ0v) is 15.1. The number of carboxylic acid groups (broad SMARTS) is 1. The Balaban J connectivity index is 2.15. The maximum atomic E-state index is 12.4. The molecule has 0 spiro atoms. The number of carboxylic acids is 1. The second kappa shape index (κ2) is 9.01. The molecule has 1 amide bonds. The monoisotopic (exact) mass is 357 g/mol. The number of para-hydroxylation sites is 1. The number of hydrogen-bond acceptors (Lipinski definition) is 4. The predicted molar refractivity (Wildman–Crippen MR) is 97.7 cm³/mol. The van der Waals surface area contributed by atoms with Gasteiger partial charge in [0, 0.05) is 17.7 Å². The molecule has 1 unspecified atom stereocenters. The molecule has 6 heteroatoms. The highest BCUT2D eigenvalue weighted by Gasteiger charge is 2.19.